The SMILES string of the molecule is CCCCCCC/C=C/COCc1ccccc1. The summed E-state index contributed by atoms with van der Waals surface area (Å²) in [6.45, 7) is 3.69. The van der Waals surface area contributed by atoms with Gasteiger partial charge in [0, 0.05) is 0 Å². The van der Waals surface area contributed by atoms with Gasteiger partial charge in [0.15, 0.2) is 0 Å². The van der Waals surface area contributed by atoms with E-state index in [0.717, 1.165) is 6.61 Å². The number of hydrogen-bond donors (Lipinski definition) is 0. The van der Waals surface area contributed by atoms with Crippen LogP contribution in [0.15, 0.2) is 42.5 Å². The molecule has 0 aromatic heterocycles. The average molecular weight is 246 g/mol. The van der Waals surface area contributed by atoms with Gasteiger partial charge in [0.1, 0.15) is 0 Å². The molecule has 0 saturated carbocycles. The lowest BCUT2D eigenvalue weighted by molar-refractivity contribution is 0.148. The third-order valence-electron chi connectivity index (χ3n) is 2.97. The van der Waals surface area contributed by atoms with Crippen LogP contribution in [-0.2, 0) is 11.3 Å². The van der Waals surface area contributed by atoms with E-state index < -0.39 is 0 Å². The Kier molecular flexibility index (Phi) is 9.18. The Bertz CT molecular complexity index is 303. The number of benzene rings is 1. The van der Waals surface area contributed by atoms with Crippen molar-refractivity contribution in [2.45, 2.75) is 52.1 Å². The average Bonchev–Trinajstić information content (AvgIpc) is 2.42. The zero-order valence-electron chi connectivity index (χ0n) is 11.6. The van der Waals surface area contributed by atoms with Crippen molar-refractivity contribution in [3.8, 4) is 0 Å². The van der Waals surface area contributed by atoms with E-state index in [9.17, 15) is 0 Å². The Labute approximate surface area is 112 Å². The van der Waals surface area contributed by atoms with Crippen molar-refractivity contribution >= 4 is 0 Å². The van der Waals surface area contributed by atoms with Crippen LogP contribution in [0.3, 0.4) is 0 Å². The second kappa shape index (κ2) is 11.0. The molecule has 1 aromatic rings. The maximum atomic E-state index is 5.58. The number of allylic oxidation sites excluding steroid dienone is 1. The molecular weight excluding hydrogens is 220 g/mol. The number of unbranched alkanes of at least 4 members (excludes halogenated alkanes) is 5. The van der Waals surface area contributed by atoms with Crippen LogP contribution in [0.1, 0.15) is 51.0 Å². The zero-order chi connectivity index (χ0) is 12.9. The first-order valence-corrected chi connectivity index (χ1v) is 7.20. The normalized spacial score (nSPS) is 11.2. The lowest BCUT2D eigenvalue weighted by Gasteiger charge is -2.00. The van der Waals surface area contributed by atoms with Crippen molar-refractivity contribution in [3.05, 3.63) is 48.0 Å². The van der Waals surface area contributed by atoms with E-state index in [1.165, 1.54) is 44.1 Å². The molecule has 1 rings (SSSR count). The molecule has 0 N–H and O–H groups in total. The van der Waals surface area contributed by atoms with Crippen LogP contribution in [0.25, 0.3) is 0 Å². The van der Waals surface area contributed by atoms with Gasteiger partial charge in [-0.05, 0) is 18.4 Å². The molecule has 1 heteroatoms. The molecule has 0 unspecified atom stereocenters. The van der Waals surface area contributed by atoms with E-state index in [2.05, 4.69) is 31.2 Å². The summed E-state index contributed by atoms with van der Waals surface area (Å²) in [5, 5.41) is 0. The minimum Gasteiger partial charge on any atom is -0.373 e. The van der Waals surface area contributed by atoms with E-state index in [-0.39, 0.29) is 0 Å². The van der Waals surface area contributed by atoms with Crippen LogP contribution in [0.4, 0.5) is 0 Å². The van der Waals surface area contributed by atoms with E-state index >= 15 is 0 Å². The van der Waals surface area contributed by atoms with Crippen molar-refractivity contribution < 1.29 is 4.74 Å². The molecule has 100 valence electrons. The van der Waals surface area contributed by atoms with Crippen molar-refractivity contribution in [1.82, 2.24) is 0 Å². The minimum atomic E-state index is 0.710. The van der Waals surface area contributed by atoms with Gasteiger partial charge in [0.25, 0.3) is 0 Å². The van der Waals surface area contributed by atoms with E-state index in [1.54, 1.807) is 0 Å². The second-order valence-electron chi connectivity index (χ2n) is 4.68. The second-order valence-corrected chi connectivity index (χ2v) is 4.68. The van der Waals surface area contributed by atoms with Crippen molar-refractivity contribution in [1.29, 1.82) is 0 Å². The maximum absolute atomic E-state index is 5.58. The summed E-state index contributed by atoms with van der Waals surface area (Å²) < 4.78 is 5.58. The molecule has 0 heterocycles. The van der Waals surface area contributed by atoms with Crippen LogP contribution >= 0.6 is 0 Å². The summed E-state index contributed by atoms with van der Waals surface area (Å²) in [7, 11) is 0. The molecule has 0 atom stereocenters. The highest BCUT2D eigenvalue weighted by Gasteiger charge is 1.89. The molecule has 0 aliphatic rings. The van der Waals surface area contributed by atoms with Gasteiger partial charge < -0.3 is 4.74 Å². The molecule has 0 saturated heterocycles. The summed E-state index contributed by atoms with van der Waals surface area (Å²) in [5.74, 6) is 0. The van der Waals surface area contributed by atoms with Gasteiger partial charge in [-0.2, -0.15) is 0 Å². The van der Waals surface area contributed by atoms with Crippen LogP contribution in [-0.4, -0.2) is 6.61 Å². The molecule has 0 spiro atoms. The summed E-state index contributed by atoms with van der Waals surface area (Å²) in [6, 6.07) is 10.3. The molecule has 1 nitrogen and oxygen atoms in total. The standard InChI is InChI=1S/C17H26O/c1-2-3-4-5-6-7-8-12-15-18-16-17-13-10-9-11-14-17/h8-14H,2-7,15-16H2,1H3/b12-8+. The number of ether oxygens (including phenoxy) is 1. The fraction of sp³-hybridized carbons (Fsp3) is 0.529. The number of rotatable bonds is 10. The highest BCUT2D eigenvalue weighted by Crippen LogP contribution is 2.05. The van der Waals surface area contributed by atoms with Crippen molar-refractivity contribution in [2.75, 3.05) is 6.61 Å². The largest absolute Gasteiger partial charge is 0.373 e. The quantitative estimate of drug-likeness (QED) is 0.411. The van der Waals surface area contributed by atoms with Crippen LogP contribution in [0, 0.1) is 0 Å². The van der Waals surface area contributed by atoms with Gasteiger partial charge in [-0.25, -0.2) is 0 Å². The third kappa shape index (κ3) is 8.08. The summed E-state index contributed by atoms with van der Waals surface area (Å²) >= 11 is 0. The third-order valence-corrected chi connectivity index (χ3v) is 2.97. The lowest BCUT2D eigenvalue weighted by atomic mass is 10.1. The predicted octanol–water partition coefficient (Wildman–Crippen LogP) is 5.12. The first-order valence-electron chi connectivity index (χ1n) is 7.20. The molecular formula is C17H26O. The molecule has 1 aromatic carbocycles. The first-order chi connectivity index (χ1) is 8.93. The van der Waals surface area contributed by atoms with Crippen LogP contribution in [0.5, 0.6) is 0 Å². The molecule has 0 amide bonds. The van der Waals surface area contributed by atoms with Gasteiger partial charge in [0.2, 0.25) is 0 Å². The number of hydrogen-bond acceptors (Lipinski definition) is 1. The highest BCUT2D eigenvalue weighted by molar-refractivity contribution is 5.13. The molecule has 18 heavy (non-hydrogen) atoms. The molecule has 0 fully saturated rings. The van der Waals surface area contributed by atoms with Gasteiger partial charge in [0.05, 0.1) is 13.2 Å². The summed E-state index contributed by atoms with van der Waals surface area (Å²) in [4.78, 5) is 0. The summed E-state index contributed by atoms with van der Waals surface area (Å²) in [6.07, 6.45) is 12.3. The van der Waals surface area contributed by atoms with Crippen molar-refractivity contribution in [3.63, 3.8) is 0 Å². The minimum absolute atomic E-state index is 0.710. The van der Waals surface area contributed by atoms with E-state index in [0.29, 0.717) is 6.61 Å². The van der Waals surface area contributed by atoms with Gasteiger partial charge in [-0.3, -0.25) is 0 Å². The van der Waals surface area contributed by atoms with E-state index in [4.69, 9.17) is 4.74 Å². The Balaban J connectivity index is 1.91. The Morgan fingerprint density at radius 3 is 2.50 bits per heavy atom. The van der Waals surface area contributed by atoms with E-state index in [1.807, 2.05) is 18.2 Å². The molecule has 0 aliphatic heterocycles. The Morgan fingerprint density at radius 1 is 0.944 bits per heavy atom. The monoisotopic (exact) mass is 246 g/mol. The fourth-order valence-corrected chi connectivity index (χ4v) is 1.87. The first kappa shape index (κ1) is 15.0. The van der Waals surface area contributed by atoms with Gasteiger partial charge in [-0.15, -0.1) is 0 Å². The van der Waals surface area contributed by atoms with Gasteiger partial charge >= 0.3 is 0 Å². The smallest absolute Gasteiger partial charge is 0.0721 e. The van der Waals surface area contributed by atoms with Crippen LogP contribution < -0.4 is 0 Å². The Hall–Kier alpha value is -1.08. The molecule has 0 bridgehead atoms. The fourth-order valence-electron chi connectivity index (χ4n) is 1.87. The summed E-state index contributed by atoms with van der Waals surface area (Å²) in [5.41, 5.74) is 1.24. The van der Waals surface area contributed by atoms with Gasteiger partial charge in [-0.1, -0.05) is 75.1 Å². The molecule has 0 aliphatic carbocycles. The predicted molar refractivity (Wildman–Crippen MR) is 78.6 cm³/mol. The highest BCUT2D eigenvalue weighted by atomic mass is 16.5. The maximum Gasteiger partial charge on any atom is 0.0721 e. The Morgan fingerprint density at radius 2 is 1.72 bits per heavy atom. The lowest BCUT2D eigenvalue weighted by Crippen LogP contribution is -1.92. The van der Waals surface area contributed by atoms with Crippen molar-refractivity contribution in [2.24, 2.45) is 0 Å². The topological polar surface area (TPSA) is 9.23 Å². The molecule has 0 radical (unpaired) electrons. The zero-order valence-corrected chi connectivity index (χ0v) is 11.6. The van der Waals surface area contributed by atoms with Crippen LogP contribution in [0.2, 0.25) is 0 Å².